The number of hydrogen-bond acceptors (Lipinski definition) is 6. The minimum atomic E-state index is -1.42. The number of ether oxygens (including phenoxy) is 1. The second-order valence-corrected chi connectivity index (χ2v) is 12.2. The molecule has 0 radical (unpaired) electrons. The summed E-state index contributed by atoms with van der Waals surface area (Å²) in [5, 5.41) is 0. The molecule has 2 heterocycles. The molecule has 41 heavy (non-hydrogen) atoms. The molecule has 1 saturated carbocycles. The summed E-state index contributed by atoms with van der Waals surface area (Å²) in [5.41, 5.74) is 3.68. The first-order chi connectivity index (χ1) is 19.4. The lowest BCUT2D eigenvalue weighted by Gasteiger charge is -2.55. The van der Waals surface area contributed by atoms with E-state index in [1.165, 1.54) is 9.80 Å². The second-order valence-electron chi connectivity index (χ2n) is 12.2. The van der Waals surface area contributed by atoms with E-state index in [1.807, 2.05) is 52.0 Å². The summed E-state index contributed by atoms with van der Waals surface area (Å²) in [7, 11) is 0. The lowest BCUT2D eigenvalue weighted by atomic mass is 9.43. The zero-order chi connectivity index (χ0) is 29.7. The molecular weight excluding hydrogens is 520 g/mol. The minimum Gasteiger partial charge on any atom is -0.463 e. The van der Waals surface area contributed by atoms with E-state index in [9.17, 15) is 24.0 Å². The van der Waals surface area contributed by atoms with Gasteiger partial charge in [-0.25, -0.2) is 14.6 Å². The average molecular weight is 555 g/mol. The van der Waals surface area contributed by atoms with Crippen molar-refractivity contribution in [2.24, 2.45) is 35.0 Å². The molecule has 2 bridgehead atoms. The van der Waals surface area contributed by atoms with Crippen molar-refractivity contribution in [2.75, 3.05) is 16.4 Å². The molecule has 4 atom stereocenters. The predicted octanol–water partition coefficient (Wildman–Crippen LogP) is 4.36. The van der Waals surface area contributed by atoms with E-state index in [4.69, 9.17) is 4.74 Å². The van der Waals surface area contributed by atoms with Crippen LogP contribution in [-0.4, -0.2) is 36.2 Å². The average Bonchev–Trinajstić information content (AvgIpc) is 3.33. The van der Waals surface area contributed by atoms with Crippen molar-refractivity contribution < 1.29 is 28.7 Å². The van der Waals surface area contributed by atoms with Gasteiger partial charge in [0.1, 0.15) is 0 Å². The van der Waals surface area contributed by atoms with Gasteiger partial charge in [0.05, 0.1) is 41.7 Å². The van der Waals surface area contributed by atoms with Crippen LogP contribution in [0.25, 0.3) is 0 Å². The van der Waals surface area contributed by atoms with Crippen LogP contribution in [-0.2, 0) is 28.7 Å². The van der Waals surface area contributed by atoms with Crippen molar-refractivity contribution in [1.82, 2.24) is 0 Å². The second kappa shape index (κ2) is 8.96. The molecule has 3 fully saturated rings. The van der Waals surface area contributed by atoms with Gasteiger partial charge in [-0.05, 0) is 75.9 Å². The van der Waals surface area contributed by atoms with Crippen LogP contribution in [0.3, 0.4) is 0 Å². The first-order valence-corrected chi connectivity index (χ1v) is 14.1. The monoisotopic (exact) mass is 554 g/mol. The number of carbonyl (C=O) groups excluding carboxylic acids is 5. The molecule has 5 aliphatic rings. The summed E-state index contributed by atoms with van der Waals surface area (Å²) in [4.78, 5) is 73.3. The van der Waals surface area contributed by atoms with Crippen molar-refractivity contribution in [3.8, 4) is 0 Å². The molecule has 212 valence electrons. The molecule has 8 nitrogen and oxygen atoms in total. The maximum absolute atomic E-state index is 14.4. The Labute approximate surface area is 239 Å². The van der Waals surface area contributed by atoms with Gasteiger partial charge in [0.2, 0.25) is 23.6 Å². The molecule has 3 aliphatic carbocycles. The number of esters is 1. The Kier molecular flexibility index (Phi) is 5.93. The van der Waals surface area contributed by atoms with Gasteiger partial charge in [0.25, 0.3) is 0 Å². The van der Waals surface area contributed by atoms with Crippen molar-refractivity contribution >= 4 is 41.0 Å². The normalized spacial score (nSPS) is 30.4. The maximum atomic E-state index is 14.4. The van der Waals surface area contributed by atoms with Gasteiger partial charge >= 0.3 is 5.97 Å². The fraction of sp³-hybridized carbons (Fsp3) is 0.424. The number of anilines is 2. The van der Waals surface area contributed by atoms with Gasteiger partial charge < -0.3 is 4.74 Å². The van der Waals surface area contributed by atoms with Crippen molar-refractivity contribution in [1.29, 1.82) is 0 Å². The van der Waals surface area contributed by atoms with Crippen molar-refractivity contribution in [3.63, 3.8) is 0 Å². The first kappa shape index (κ1) is 27.1. The van der Waals surface area contributed by atoms with Crippen LogP contribution in [0.15, 0.2) is 47.5 Å². The van der Waals surface area contributed by atoms with Gasteiger partial charge in [0, 0.05) is 16.9 Å². The van der Waals surface area contributed by atoms with Crippen LogP contribution >= 0.6 is 0 Å². The van der Waals surface area contributed by atoms with E-state index in [-0.39, 0.29) is 12.2 Å². The highest BCUT2D eigenvalue weighted by Gasteiger charge is 2.77. The zero-order valence-corrected chi connectivity index (χ0v) is 24.4. The molecule has 0 spiro atoms. The number of carbonyl (C=O) groups is 5. The molecule has 0 N–H and O–H groups in total. The molecule has 2 aliphatic heterocycles. The molecule has 2 aromatic rings. The predicted molar refractivity (Wildman–Crippen MR) is 152 cm³/mol. The van der Waals surface area contributed by atoms with Crippen molar-refractivity contribution in [2.45, 2.75) is 48.5 Å². The highest BCUT2D eigenvalue weighted by Crippen LogP contribution is 2.69. The summed E-state index contributed by atoms with van der Waals surface area (Å²) >= 11 is 0. The van der Waals surface area contributed by atoms with E-state index in [1.54, 1.807) is 32.9 Å². The van der Waals surface area contributed by atoms with E-state index < -0.39 is 64.6 Å². The SMILES string of the molecule is CCOC(=O)C1=C(C)C2[C@H]3C(=O)N(c4cc(C)ccc4C)C(=O)[C@H]3C1(C)[C@@H]1C(=O)N(c3cc(C)ccc3C)C(=O)[C@H]21. The summed E-state index contributed by atoms with van der Waals surface area (Å²) in [6, 6.07) is 11.2. The van der Waals surface area contributed by atoms with E-state index in [0.717, 1.165) is 22.3 Å². The third-order valence-corrected chi connectivity index (χ3v) is 9.89. The fourth-order valence-corrected chi connectivity index (χ4v) is 8.20. The highest BCUT2D eigenvalue weighted by molar-refractivity contribution is 6.28. The minimum absolute atomic E-state index is 0.113. The number of imide groups is 2. The Balaban J connectivity index is 1.57. The Bertz CT molecular complexity index is 1520. The van der Waals surface area contributed by atoms with E-state index in [2.05, 4.69) is 0 Å². The van der Waals surface area contributed by atoms with Crippen LogP contribution < -0.4 is 9.80 Å². The Hall–Kier alpha value is -4.07. The number of nitrogens with zero attached hydrogens (tertiary/aromatic N) is 2. The van der Waals surface area contributed by atoms with Crippen LogP contribution in [0.5, 0.6) is 0 Å². The smallest absolute Gasteiger partial charge is 0.334 e. The molecule has 7 rings (SSSR count). The Morgan fingerprint density at radius 2 is 1.17 bits per heavy atom. The summed E-state index contributed by atoms with van der Waals surface area (Å²) in [5.74, 6) is -6.79. The van der Waals surface area contributed by atoms with Gasteiger partial charge in [-0.2, -0.15) is 0 Å². The quantitative estimate of drug-likeness (QED) is 0.411. The molecule has 2 aromatic carbocycles. The van der Waals surface area contributed by atoms with Gasteiger partial charge in [-0.3, -0.25) is 19.2 Å². The lowest BCUT2D eigenvalue weighted by molar-refractivity contribution is -0.155. The first-order valence-electron chi connectivity index (χ1n) is 14.1. The standard InChI is InChI=1S/C33H34N2O6/c1-8-41-32(40)25-19(6)22-23-26(30(38)34(28(23)36)20-13-15(2)9-11-17(20)4)33(25,7)27-24(22)29(37)35(31(27)39)21-14-16(3)10-12-18(21)5/h9-14,22-24,26-27H,8H2,1-7H3/t22?,23-,24-,26+,27+,33?/m1/s1. The number of aryl methyl sites for hydroxylation is 4. The molecule has 0 unspecified atom stereocenters. The topological polar surface area (TPSA) is 101 Å². The third kappa shape index (κ3) is 3.36. The van der Waals surface area contributed by atoms with Crippen LogP contribution in [0.1, 0.15) is 43.0 Å². The lowest BCUT2D eigenvalue weighted by Crippen LogP contribution is -2.61. The van der Waals surface area contributed by atoms with E-state index >= 15 is 0 Å². The van der Waals surface area contributed by atoms with E-state index in [0.29, 0.717) is 16.9 Å². The number of benzene rings is 2. The number of rotatable bonds is 4. The molecule has 4 amide bonds. The molecule has 0 aromatic heterocycles. The van der Waals surface area contributed by atoms with Gasteiger partial charge in [-0.1, -0.05) is 36.8 Å². The summed E-state index contributed by atoms with van der Waals surface area (Å²) in [6.07, 6.45) is 0. The van der Waals surface area contributed by atoms with Crippen LogP contribution in [0.4, 0.5) is 11.4 Å². The third-order valence-electron chi connectivity index (χ3n) is 9.89. The van der Waals surface area contributed by atoms with Crippen LogP contribution in [0.2, 0.25) is 0 Å². The van der Waals surface area contributed by atoms with Crippen molar-refractivity contribution in [3.05, 3.63) is 69.8 Å². The number of hydrogen-bond donors (Lipinski definition) is 0. The zero-order valence-electron chi connectivity index (χ0n) is 24.4. The molecule has 2 saturated heterocycles. The molecular formula is C33H34N2O6. The molecule has 8 heteroatoms. The largest absolute Gasteiger partial charge is 0.463 e. The number of amides is 4. The maximum Gasteiger partial charge on any atom is 0.334 e. The highest BCUT2D eigenvalue weighted by atomic mass is 16.5. The summed E-state index contributed by atoms with van der Waals surface area (Å²) in [6.45, 7) is 12.7. The fourth-order valence-electron chi connectivity index (χ4n) is 8.20. The Morgan fingerprint density at radius 3 is 1.59 bits per heavy atom. The Morgan fingerprint density at radius 1 is 0.732 bits per heavy atom. The number of allylic oxidation sites excluding steroid dienone is 1. The summed E-state index contributed by atoms with van der Waals surface area (Å²) < 4.78 is 5.47. The van der Waals surface area contributed by atoms with Gasteiger partial charge in [-0.15, -0.1) is 0 Å². The van der Waals surface area contributed by atoms with Crippen LogP contribution in [0, 0.1) is 62.7 Å². The van der Waals surface area contributed by atoms with Gasteiger partial charge in [0.15, 0.2) is 0 Å².